The van der Waals surface area contributed by atoms with Crippen LogP contribution in [0.4, 0.5) is 0 Å². The quantitative estimate of drug-likeness (QED) is 0.671. The third kappa shape index (κ3) is 6.55. The lowest BCUT2D eigenvalue weighted by atomic mass is 10.0. The minimum atomic E-state index is 0.599. The van der Waals surface area contributed by atoms with E-state index in [4.69, 9.17) is 0 Å². The van der Waals surface area contributed by atoms with Gasteiger partial charge in [-0.3, -0.25) is 4.98 Å². The first-order valence-electron chi connectivity index (χ1n) is 6.99. The standard InChI is InChI=1S/C16H26N2/c1-4-11-18-16(9-7-14(2)3)10-8-15-6-5-12-17-13-15/h5-6,12-13,16,18H,2,4,7-11H2,1,3H3. The first kappa shape index (κ1) is 14.9. The Bertz CT molecular complexity index is 332. The van der Waals surface area contributed by atoms with Crippen molar-refractivity contribution in [2.45, 2.75) is 52.0 Å². The predicted octanol–water partition coefficient (Wildman–Crippen LogP) is 3.74. The molecule has 2 nitrogen and oxygen atoms in total. The predicted molar refractivity (Wildman–Crippen MR) is 78.7 cm³/mol. The van der Waals surface area contributed by atoms with Gasteiger partial charge < -0.3 is 5.32 Å². The van der Waals surface area contributed by atoms with Gasteiger partial charge >= 0.3 is 0 Å². The molecule has 1 aromatic heterocycles. The van der Waals surface area contributed by atoms with Gasteiger partial charge in [-0.05, 0) is 57.2 Å². The Kier molecular flexibility index (Phi) is 7.35. The van der Waals surface area contributed by atoms with Crippen molar-refractivity contribution < 1.29 is 0 Å². The number of nitrogens with zero attached hydrogens (tertiary/aromatic N) is 1. The van der Waals surface area contributed by atoms with Crippen LogP contribution in [-0.4, -0.2) is 17.6 Å². The first-order valence-corrected chi connectivity index (χ1v) is 6.99. The topological polar surface area (TPSA) is 24.9 Å². The van der Waals surface area contributed by atoms with E-state index in [9.17, 15) is 0 Å². The van der Waals surface area contributed by atoms with Crippen molar-refractivity contribution in [2.24, 2.45) is 0 Å². The third-order valence-corrected chi connectivity index (χ3v) is 3.11. The molecule has 1 unspecified atom stereocenters. The summed E-state index contributed by atoms with van der Waals surface area (Å²) in [7, 11) is 0. The summed E-state index contributed by atoms with van der Waals surface area (Å²) in [6, 6.07) is 4.77. The maximum Gasteiger partial charge on any atom is 0.0299 e. The number of aryl methyl sites for hydroxylation is 1. The third-order valence-electron chi connectivity index (χ3n) is 3.11. The summed E-state index contributed by atoms with van der Waals surface area (Å²) in [5.41, 5.74) is 2.61. The van der Waals surface area contributed by atoms with Crippen molar-refractivity contribution in [3.8, 4) is 0 Å². The van der Waals surface area contributed by atoms with Crippen molar-refractivity contribution in [3.05, 3.63) is 42.2 Å². The van der Waals surface area contributed by atoms with Crippen LogP contribution in [0.25, 0.3) is 0 Å². The molecule has 0 aliphatic heterocycles. The molecule has 18 heavy (non-hydrogen) atoms. The number of rotatable bonds is 9. The van der Waals surface area contributed by atoms with Gasteiger partial charge in [0, 0.05) is 18.4 Å². The highest BCUT2D eigenvalue weighted by Gasteiger charge is 2.07. The van der Waals surface area contributed by atoms with E-state index in [0.717, 1.165) is 19.4 Å². The molecule has 2 heteroatoms. The molecule has 0 aliphatic carbocycles. The number of hydrogen-bond acceptors (Lipinski definition) is 2. The van der Waals surface area contributed by atoms with Crippen molar-refractivity contribution in [3.63, 3.8) is 0 Å². The highest BCUT2D eigenvalue weighted by molar-refractivity contribution is 5.08. The number of nitrogens with one attached hydrogen (secondary N) is 1. The summed E-state index contributed by atoms with van der Waals surface area (Å²) >= 11 is 0. The van der Waals surface area contributed by atoms with Crippen molar-refractivity contribution in [2.75, 3.05) is 6.54 Å². The maximum absolute atomic E-state index is 4.16. The lowest BCUT2D eigenvalue weighted by Crippen LogP contribution is -2.30. The molecule has 0 aromatic carbocycles. The minimum absolute atomic E-state index is 0.599. The highest BCUT2D eigenvalue weighted by Crippen LogP contribution is 2.11. The fourth-order valence-electron chi connectivity index (χ4n) is 2.00. The summed E-state index contributed by atoms with van der Waals surface area (Å²) in [6.07, 6.45) is 9.58. The molecule has 0 saturated heterocycles. The molecule has 0 bridgehead atoms. The zero-order valence-corrected chi connectivity index (χ0v) is 11.8. The van der Waals surface area contributed by atoms with Gasteiger partial charge in [0.1, 0.15) is 0 Å². The molecule has 1 aromatic rings. The Morgan fingerprint density at radius 2 is 2.28 bits per heavy atom. The molecule has 1 rings (SSSR count). The average Bonchev–Trinajstić information content (AvgIpc) is 2.39. The van der Waals surface area contributed by atoms with Gasteiger partial charge in [-0.1, -0.05) is 18.6 Å². The zero-order chi connectivity index (χ0) is 13.2. The molecule has 0 fully saturated rings. The summed E-state index contributed by atoms with van der Waals surface area (Å²) in [5, 5.41) is 3.63. The van der Waals surface area contributed by atoms with Crippen LogP contribution in [0, 0.1) is 0 Å². The van der Waals surface area contributed by atoms with Gasteiger partial charge in [0.2, 0.25) is 0 Å². The highest BCUT2D eigenvalue weighted by atomic mass is 14.9. The Morgan fingerprint density at radius 3 is 2.89 bits per heavy atom. The summed E-state index contributed by atoms with van der Waals surface area (Å²) in [6.45, 7) is 9.41. The molecule has 0 amide bonds. The molecular formula is C16H26N2. The van der Waals surface area contributed by atoms with Crippen LogP contribution in [0.3, 0.4) is 0 Å². The van der Waals surface area contributed by atoms with Gasteiger partial charge in [-0.15, -0.1) is 6.58 Å². The van der Waals surface area contributed by atoms with Crippen LogP contribution in [0.15, 0.2) is 36.7 Å². The van der Waals surface area contributed by atoms with Gasteiger partial charge in [-0.2, -0.15) is 0 Å². The first-order chi connectivity index (χ1) is 8.72. The Labute approximate surface area is 112 Å². The Morgan fingerprint density at radius 1 is 1.44 bits per heavy atom. The van der Waals surface area contributed by atoms with Gasteiger partial charge in [-0.25, -0.2) is 0 Å². The van der Waals surface area contributed by atoms with E-state index in [0.29, 0.717) is 6.04 Å². The second-order valence-corrected chi connectivity index (χ2v) is 5.05. The number of hydrogen-bond donors (Lipinski definition) is 1. The molecule has 0 saturated carbocycles. The molecule has 1 heterocycles. The van der Waals surface area contributed by atoms with Crippen molar-refractivity contribution in [1.82, 2.24) is 10.3 Å². The number of allylic oxidation sites excluding steroid dienone is 1. The molecule has 100 valence electrons. The lowest BCUT2D eigenvalue weighted by molar-refractivity contribution is 0.452. The number of pyridine rings is 1. The normalized spacial score (nSPS) is 12.3. The van der Waals surface area contributed by atoms with Crippen molar-refractivity contribution >= 4 is 0 Å². The van der Waals surface area contributed by atoms with E-state index in [1.807, 2.05) is 18.5 Å². The van der Waals surface area contributed by atoms with Gasteiger partial charge in [0.25, 0.3) is 0 Å². The summed E-state index contributed by atoms with van der Waals surface area (Å²) in [4.78, 5) is 4.16. The smallest absolute Gasteiger partial charge is 0.0299 e. The fraction of sp³-hybridized carbons (Fsp3) is 0.562. The van der Waals surface area contributed by atoms with E-state index in [-0.39, 0.29) is 0 Å². The monoisotopic (exact) mass is 246 g/mol. The fourth-order valence-corrected chi connectivity index (χ4v) is 2.00. The molecule has 0 spiro atoms. The van der Waals surface area contributed by atoms with Crippen LogP contribution >= 0.6 is 0 Å². The van der Waals surface area contributed by atoms with Gasteiger partial charge in [0.15, 0.2) is 0 Å². The lowest BCUT2D eigenvalue weighted by Gasteiger charge is -2.18. The maximum atomic E-state index is 4.16. The van der Waals surface area contributed by atoms with E-state index < -0.39 is 0 Å². The van der Waals surface area contributed by atoms with Crippen molar-refractivity contribution in [1.29, 1.82) is 0 Å². The van der Waals surface area contributed by atoms with E-state index in [2.05, 4.69) is 36.8 Å². The minimum Gasteiger partial charge on any atom is -0.314 e. The second-order valence-electron chi connectivity index (χ2n) is 5.05. The average molecular weight is 246 g/mol. The zero-order valence-electron chi connectivity index (χ0n) is 11.8. The van der Waals surface area contributed by atoms with Crippen LogP contribution in [0.2, 0.25) is 0 Å². The molecule has 1 N–H and O–H groups in total. The molecule has 1 atom stereocenters. The molecule has 0 aliphatic rings. The summed E-state index contributed by atoms with van der Waals surface area (Å²) in [5.74, 6) is 0. The van der Waals surface area contributed by atoms with Crippen LogP contribution in [0.1, 0.15) is 45.1 Å². The summed E-state index contributed by atoms with van der Waals surface area (Å²) < 4.78 is 0. The van der Waals surface area contributed by atoms with Crippen LogP contribution in [-0.2, 0) is 6.42 Å². The second kappa shape index (κ2) is 8.87. The molecule has 0 radical (unpaired) electrons. The van der Waals surface area contributed by atoms with E-state index in [1.165, 1.54) is 30.4 Å². The molecular weight excluding hydrogens is 220 g/mol. The Hall–Kier alpha value is -1.15. The SMILES string of the molecule is C=C(C)CCC(CCc1cccnc1)NCCC. The Balaban J connectivity index is 2.37. The van der Waals surface area contributed by atoms with Crippen LogP contribution < -0.4 is 5.32 Å². The number of aromatic nitrogens is 1. The van der Waals surface area contributed by atoms with E-state index >= 15 is 0 Å². The van der Waals surface area contributed by atoms with Crippen LogP contribution in [0.5, 0.6) is 0 Å². The van der Waals surface area contributed by atoms with E-state index in [1.54, 1.807) is 0 Å². The van der Waals surface area contributed by atoms with Gasteiger partial charge in [0.05, 0.1) is 0 Å². The largest absolute Gasteiger partial charge is 0.314 e.